The van der Waals surface area contributed by atoms with Gasteiger partial charge in [-0.3, -0.25) is 14.2 Å². The monoisotopic (exact) mass is 390 g/mol. The zero-order valence-electron chi connectivity index (χ0n) is 16.3. The smallest absolute Gasteiger partial charge is 0.262 e. The number of hydrogen-bond acceptors (Lipinski definition) is 4. The number of hydrogen-bond donors (Lipinski definition) is 2. The van der Waals surface area contributed by atoms with Crippen molar-refractivity contribution < 1.29 is 4.79 Å². The number of aromatic nitrogens is 2. The van der Waals surface area contributed by atoms with Crippen LogP contribution in [0.1, 0.15) is 39.5 Å². The summed E-state index contributed by atoms with van der Waals surface area (Å²) >= 11 is 5.31. The van der Waals surface area contributed by atoms with Gasteiger partial charge < -0.3 is 15.2 Å². The molecule has 0 unspecified atom stereocenters. The summed E-state index contributed by atoms with van der Waals surface area (Å²) in [5.74, 6) is 0.0994. The Bertz CT molecular complexity index is 855. The summed E-state index contributed by atoms with van der Waals surface area (Å²) in [6, 6.07) is 7.39. The molecule has 1 aromatic carbocycles. The summed E-state index contributed by atoms with van der Waals surface area (Å²) in [5, 5.41) is 3.62. The van der Waals surface area contributed by atoms with E-state index in [1.807, 2.05) is 24.3 Å². The SMILES string of the molecule is CCN(CC)CCNC(=O)CCCCCn1c(=S)[nH]c2ccccc2c1=O. The van der Waals surface area contributed by atoms with Gasteiger partial charge in [0.15, 0.2) is 4.77 Å². The molecule has 1 heterocycles. The minimum Gasteiger partial charge on any atom is -0.355 e. The van der Waals surface area contributed by atoms with E-state index >= 15 is 0 Å². The van der Waals surface area contributed by atoms with Crippen LogP contribution >= 0.6 is 12.2 Å². The van der Waals surface area contributed by atoms with Gasteiger partial charge in [0.2, 0.25) is 5.91 Å². The van der Waals surface area contributed by atoms with E-state index in [4.69, 9.17) is 12.2 Å². The molecule has 2 N–H and O–H groups in total. The van der Waals surface area contributed by atoms with Crippen LogP contribution in [0.3, 0.4) is 0 Å². The van der Waals surface area contributed by atoms with Crippen molar-refractivity contribution in [2.24, 2.45) is 0 Å². The third-order valence-corrected chi connectivity index (χ3v) is 5.14. The second kappa shape index (κ2) is 11.0. The standard InChI is InChI=1S/C20H30N4O2S/c1-3-23(4-2)15-13-21-18(25)12-6-5-9-14-24-19(26)16-10-7-8-11-17(16)22-20(24)27/h7-8,10-11H,3-6,9,12-15H2,1-2H3,(H,21,25)(H,22,27). The number of carbonyl (C=O) groups excluding carboxylic acids is 1. The van der Waals surface area contributed by atoms with E-state index in [9.17, 15) is 9.59 Å². The Morgan fingerprint density at radius 2 is 1.93 bits per heavy atom. The van der Waals surface area contributed by atoms with E-state index in [1.165, 1.54) is 0 Å². The van der Waals surface area contributed by atoms with Crippen LogP contribution < -0.4 is 10.9 Å². The van der Waals surface area contributed by atoms with Crippen LogP contribution in [0.5, 0.6) is 0 Å². The van der Waals surface area contributed by atoms with Crippen LogP contribution in [0.4, 0.5) is 0 Å². The summed E-state index contributed by atoms with van der Waals surface area (Å²) in [6.07, 6.45) is 3.05. The van der Waals surface area contributed by atoms with Gasteiger partial charge in [-0.25, -0.2) is 0 Å². The molecule has 0 aliphatic rings. The highest BCUT2D eigenvalue weighted by molar-refractivity contribution is 7.71. The van der Waals surface area contributed by atoms with E-state index in [0.29, 0.717) is 29.7 Å². The van der Waals surface area contributed by atoms with Crippen LogP contribution in [-0.4, -0.2) is 46.5 Å². The van der Waals surface area contributed by atoms with Crippen molar-refractivity contribution in [2.45, 2.75) is 46.1 Å². The predicted molar refractivity (Wildman–Crippen MR) is 113 cm³/mol. The molecule has 27 heavy (non-hydrogen) atoms. The molecule has 148 valence electrons. The van der Waals surface area contributed by atoms with Gasteiger partial charge in [0.1, 0.15) is 0 Å². The zero-order valence-corrected chi connectivity index (χ0v) is 17.1. The van der Waals surface area contributed by atoms with E-state index < -0.39 is 0 Å². The second-order valence-electron chi connectivity index (χ2n) is 6.62. The Balaban J connectivity index is 1.73. The summed E-state index contributed by atoms with van der Waals surface area (Å²) in [7, 11) is 0. The van der Waals surface area contributed by atoms with Gasteiger partial charge in [0, 0.05) is 26.1 Å². The highest BCUT2D eigenvalue weighted by atomic mass is 32.1. The Morgan fingerprint density at radius 1 is 1.19 bits per heavy atom. The minimum atomic E-state index is -0.0523. The maximum absolute atomic E-state index is 12.6. The molecule has 0 radical (unpaired) electrons. The van der Waals surface area contributed by atoms with Crippen molar-refractivity contribution in [2.75, 3.05) is 26.2 Å². The number of para-hydroxylation sites is 1. The van der Waals surface area contributed by atoms with Gasteiger partial charge in [-0.1, -0.05) is 32.4 Å². The molecule has 2 aromatic rings. The van der Waals surface area contributed by atoms with Gasteiger partial charge in [-0.15, -0.1) is 0 Å². The molecule has 0 saturated carbocycles. The molecule has 0 bridgehead atoms. The number of H-pyrrole nitrogens is 1. The summed E-state index contributed by atoms with van der Waals surface area (Å²) in [5.41, 5.74) is 0.716. The number of nitrogens with zero attached hydrogens (tertiary/aromatic N) is 2. The maximum Gasteiger partial charge on any atom is 0.262 e. The molecular weight excluding hydrogens is 360 g/mol. The first kappa shape index (κ1) is 21.3. The molecule has 6 nitrogen and oxygen atoms in total. The molecule has 1 aromatic heterocycles. The summed E-state index contributed by atoms with van der Waals surface area (Å²) in [6.45, 7) is 8.41. The quantitative estimate of drug-likeness (QED) is 0.457. The zero-order chi connectivity index (χ0) is 19.6. The molecule has 0 spiro atoms. The lowest BCUT2D eigenvalue weighted by atomic mass is 10.2. The number of aromatic amines is 1. The number of benzene rings is 1. The fraction of sp³-hybridized carbons (Fsp3) is 0.550. The highest BCUT2D eigenvalue weighted by Gasteiger charge is 2.06. The molecule has 0 atom stereocenters. The van der Waals surface area contributed by atoms with Gasteiger partial charge in [-0.05, 0) is 50.3 Å². The number of nitrogens with one attached hydrogen (secondary N) is 2. The topological polar surface area (TPSA) is 70.1 Å². The summed E-state index contributed by atoms with van der Waals surface area (Å²) < 4.78 is 2.06. The van der Waals surface area contributed by atoms with E-state index in [0.717, 1.165) is 44.4 Å². The summed E-state index contributed by atoms with van der Waals surface area (Å²) in [4.78, 5) is 29.8. The van der Waals surface area contributed by atoms with Crippen LogP contribution in [0.25, 0.3) is 10.9 Å². The average Bonchev–Trinajstić information content (AvgIpc) is 2.67. The molecule has 0 aliphatic heterocycles. The van der Waals surface area contributed by atoms with Crippen LogP contribution in [0.15, 0.2) is 29.1 Å². The van der Waals surface area contributed by atoms with E-state index in [1.54, 1.807) is 4.57 Å². The van der Waals surface area contributed by atoms with Crippen molar-refractivity contribution >= 4 is 29.0 Å². The third kappa shape index (κ3) is 6.29. The maximum atomic E-state index is 12.6. The fourth-order valence-corrected chi connectivity index (χ4v) is 3.40. The van der Waals surface area contributed by atoms with Crippen LogP contribution in [0, 0.1) is 4.77 Å². The Morgan fingerprint density at radius 3 is 2.67 bits per heavy atom. The van der Waals surface area contributed by atoms with Crippen LogP contribution in [0.2, 0.25) is 0 Å². The second-order valence-corrected chi connectivity index (χ2v) is 7.01. The van der Waals surface area contributed by atoms with Crippen molar-refractivity contribution in [1.82, 2.24) is 19.8 Å². The number of likely N-dealkylation sites (N-methyl/N-ethyl adjacent to an activating group) is 1. The Hall–Kier alpha value is -1.99. The predicted octanol–water partition coefficient (Wildman–Crippen LogP) is 3.08. The van der Waals surface area contributed by atoms with E-state index in [2.05, 4.69) is 29.0 Å². The number of carbonyl (C=O) groups is 1. The molecule has 0 fully saturated rings. The minimum absolute atomic E-state index is 0.0523. The first-order valence-electron chi connectivity index (χ1n) is 9.77. The van der Waals surface area contributed by atoms with E-state index in [-0.39, 0.29) is 11.5 Å². The normalized spacial score (nSPS) is 11.2. The molecule has 1 amide bonds. The number of amides is 1. The highest BCUT2D eigenvalue weighted by Crippen LogP contribution is 2.07. The van der Waals surface area contributed by atoms with Gasteiger partial charge in [0.05, 0.1) is 10.9 Å². The van der Waals surface area contributed by atoms with Crippen molar-refractivity contribution in [3.8, 4) is 0 Å². The Labute approximate surface area is 165 Å². The molecule has 2 rings (SSSR count). The first-order chi connectivity index (χ1) is 13.1. The number of fused-ring (bicyclic) bond motifs is 1. The van der Waals surface area contributed by atoms with Crippen LogP contribution in [-0.2, 0) is 11.3 Å². The fourth-order valence-electron chi connectivity index (χ4n) is 3.12. The molecule has 0 aliphatic carbocycles. The largest absolute Gasteiger partial charge is 0.355 e. The molecule has 0 saturated heterocycles. The van der Waals surface area contributed by atoms with Gasteiger partial charge in [-0.2, -0.15) is 0 Å². The third-order valence-electron chi connectivity index (χ3n) is 4.82. The lowest BCUT2D eigenvalue weighted by Crippen LogP contribution is -2.34. The number of unbranched alkanes of at least 4 members (excludes halogenated alkanes) is 2. The number of rotatable bonds is 11. The Kier molecular flexibility index (Phi) is 8.67. The first-order valence-corrected chi connectivity index (χ1v) is 10.2. The van der Waals surface area contributed by atoms with Crippen molar-refractivity contribution in [1.29, 1.82) is 0 Å². The van der Waals surface area contributed by atoms with Crippen molar-refractivity contribution in [3.63, 3.8) is 0 Å². The van der Waals surface area contributed by atoms with Crippen molar-refractivity contribution in [3.05, 3.63) is 39.4 Å². The molecule has 7 heteroatoms. The lowest BCUT2D eigenvalue weighted by Gasteiger charge is -2.17. The average molecular weight is 391 g/mol. The van der Waals surface area contributed by atoms with Gasteiger partial charge in [0.25, 0.3) is 5.56 Å². The molecular formula is C20H30N4O2S. The lowest BCUT2D eigenvalue weighted by molar-refractivity contribution is -0.121. The van der Waals surface area contributed by atoms with Gasteiger partial charge >= 0.3 is 0 Å².